The average Bonchev–Trinajstić information content (AvgIpc) is 1.99. The van der Waals surface area contributed by atoms with Crippen LogP contribution in [0.4, 0.5) is 0 Å². The minimum absolute atomic E-state index is 0.0744. The SMILES string of the molecule is CCc1cc(C)c(S(=O)(=O)[O-])c(C)c1. The molecule has 0 aliphatic heterocycles. The molecule has 0 saturated carbocycles. The van der Waals surface area contributed by atoms with Gasteiger partial charge in [-0.2, -0.15) is 0 Å². The Morgan fingerprint density at radius 1 is 1.21 bits per heavy atom. The minimum atomic E-state index is -4.34. The normalized spacial score (nSPS) is 11.7. The molecule has 3 nitrogen and oxygen atoms in total. The van der Waals surface area contributed by atoms with Gasteiger partial charge in [0.1, 0.15) is 10.1 Å². The second-order valence-corrected chi connectivity index (χ2v) is 4.68. The van der Waals surface area contributed by atoms with Gasteiger partial charge in [-0.1, -0.05) is 19.1 Å². The third kappa shape index (κ3) is 2.13. The zero-order valence-corrected chi connectivity index (χ0v) is 9.31. The lowest BCUT2D eigenvalue weighted by Crippen LogP contribution is -2.05. The van der Waals surface area contributed by atoms with Gasteiger partial charge in [0, 0.05) is 0 Å². The Bertz CT molecular complexity index is 423. The van der Waals surface area contributed by atoms with E-state index in [2.05, 4.69) is 0 Å². The van der Waals surface area contributed by atoms with E-state index in [9.17, 15) is 13.0 Å². The smallest absolute Gasteiger partial charge is 0.124 e. The van der Waals surface area contributed by atoms with E-state index in [4.69, 9.17) is 0 Å². The van der Waals surface area contributed by atoms with Crippen molar-refractivity contribution in [1.29, 1.82) is 0 Å². The zero-order valence-electron chi connectivity index (χ0n) is 8.49. The molecule has 0 bridgehead atoms. The molecular formula is C10H13O3S-. The first-order chi connectivity index (χ1) is 6.36. The summed E-state index contributed by atoms with van der Waals surface area (Å²) in [4.78, 5) is -0.0744. The highest BCUT2D eigenvalue weighted by atomic mass is 32.2. The quantitative estimate of drug-likeness (QED) is 0.703. The van der Waals surface area contributed by atoms with Crippen LogP contribution in [-0.2, 0) is 16.5 Å². The van der Waals surface area contributed by atoms with Gasteiger partial charge in [0.05, 0.1) is 4.90 Å². The van der Waals surface area contributed by atoms with Gasteiger partial charge in [-0.15, -0.1) is 0 Å². The fraction of sp³-hybridized carbons (Fsp3) is 0.400. The molecule has 1 aromatic carbocycles. The van der Waals surface area contributed by atoms with Gasteiger partial charge in [0.25, 0.3) is 0 Å². The third-order valence-corrected chi connectivity index (χ3v) is 3.32. The van der Waals surface area contributed by atoms with Crippen LogP contribution in [0.3, 0.4) is 0 Å². The molecule has 4 heteroatoms. The summed E-state index contributed by atoms with van der Waals surface area (Å²) in [7, 11) is -4.34. The van der Waals surface area contributed by atoms with Crippen LogP contribution < -0.4 is 0 Å². The molecule has 0 aliphatic carbocycles. The van der Waals surface area contributed by atoms with Crippen molar-refractivity contribution in [3.8, 4) is 0 Å². The Balaban J connectivity index is 3.48. The Morgan fingerprint density at radius 2 is 1.64 bits per heavy atom. The highest BCUT2D eigenvalue weighted by Gasteiger charge is 2.10. The van der Waals surface area contributed by atoms with E-state index in [1.807, 2.05) is 6.92 Å². The number of hydrogen-bond acceptors (Lipinski definition) is 3. The maximum absolute atomic E-state index is 10.9. The van der Waals surface area contributed by atoms with Gasteiger partial charge in [0.15, 0.2) is 0 Å². The number of rotatable bonds is 2. The fourth-order valence-corrected chi connectivity index (χ4v) is 2.54. The van der Waals surface area contributed by atoms with Crippen LogP contribution in [0.1, 0.15) is 23.6 Å². The van der Waals surface area contributed by atoms with Crippen LogP contribution in [0.25, 0.3) is 0 Å². The monoisotopic (exact) mass is 213 g/mol. The van der Waals surface area contributed by atoms with Crippen molar-refractivity contribution in [3.05, 3.63) is 28.8 Å². The van der Waals surface area contributed by atoms with Gasteiger partial charge in [-0.25, -0.2) is 8.42 Å². The highest BCUT2D eigenvalue weighted by molar-refractivity contribution is 7.85. The van der Waals surface area contributed by atoms with Crippen LogP contribution in [0.15, 0.2) is 17.0 Å². The summed E-state index contributed by atoms with van der Waals surface area (Å²) >= 11 is 0. The van der Waals surface area contributed by atoms with Crippen molar-refractivity contribution in [1.82, 2.24) is 0 Å². The van der Waals surface area contributed by atoms with E-state index in [1.54, 1.807) is 26.0 Å². The molecule has 14 heavy (non-hydrogen) atoms. The fourth-order valence-electron chi connectivity index (χ4n) is 1.64. The second-order valence-electron chi connectivity index (χ2n) is 3.37. The Kier molecular flexibility index (Phi) is 2.97. The molecule has 0 aliphatic rings. The maximum atomic E-state index is 10.9. The van der Waals surface area contributed by atoms with Crippen molar-refractivity contribution in [2.75, 3.05) is 0 Å². The van der Waals surface area contributed by atoms with Crippen LogP contribution in [0.5, 0.6) is 0 Å². The van der Waals surface area contributed by atoms with Crippen molar-refractivity contribution >= 4 is 10.1 Å². The molecule has 0 saturated heterocycles. The molecule has 0 aromatic heterocycles. The first-order valence-electron chi connectivity index (χ1n) is 4.42. The summed E-state index contributed by atoms with van der Waals surface area (Å²) in [5, 5.41) is 0. The molecule has 0 fully saturated rings. The molecule has 0 spiro atoms. The van der Waals surface area contributed by atoms with E-state index in [-0.39, 0.29) is 4.90 Å². The summed E-state index contributed by atoms with van der Waals surface area (Å²) in [5.74, 6) is 0. The molecule has 0 radical (unpaired) electrons. The van der Waals surface area contributed by atoms with Crippen molar-refractivity contribution in [2.24, 2.45) is 0 Å². The molecule has 1 aromatic rings. The van der Waals surface area contributed by atoms with E-state index < -0.39 is 10.1 Å². The summed E-state index contributed by atoms with van der Waals surface area (Å²) < 4.78 is 32.8. The Hall–Kier alpha value is -0.870. The number of benzene rings is 1. The number of aryl methyl sites for hydroxylation is 3. The number of hydrogen-bond donors (Lipinski definition) is 0. The Labute approximate surface area is 84.5 Å². The summed E-state index contributed by atoms with van der Waals surface area (Å²) in [6.45, 7) is 5.29. The van der Waals surface area contributed by atoms with Gasteiger partial charge in [-0.3, -0.25) is 0 Å². The van der Waals surface area contributed by atoms with Gasteiger partial charge in [-0.05, 0) is 37.0 Å². The molecular weight excluding hydrogens is 200 g/mol. The molecule has 1 rings (SSSR count). The van der Waals surface area contributed by atoms with Crippen LogP contribution >= 0.6 is 0 Å². The third-order valence-electron chi connectivity index (χ3n) is 2.18. The zero-order chi connectivity index (χ0) is 10.9. The molecule has 0 heterocycles. The first kappa shape index (κ1) is 11.2. The standard InChI is InChI=1S/C10H14O3S/c1-4-9-5-7(2)10(8(3)6-9)14(11,12)13/h5-6H,4H2,1-3H3,(H,11,12,13)/p-1. The highest BCUT2D eigenvalue weighted by Crippen LogP contribution is 2.21. The van der Waals surface area contributed by atoms with Crippen molar-refractivity contribution in [2.45, 2.75) is 32.1 Å². The van der Waals surface area contributed by atoms with Crippen molar-refractivity contribution in [3.63, 3.8) is 0 Å². The minimum Gasteiger partial charge on any atom is -0.744 e. The predicted molar refractivity (Wildman–Crippen MR) is 53.3 cm³/mol. The van der Waals surface area contributed by atoms with E-state index in [1.165, 1.54) is 0 Å². The topological polar surface area (TPSA) is 57.2 Å². The largest absolute Gasteiger partial charge is 0.744 e. The van der Waals surface area contributed by atoms with E-state index in [0.29, 0.717) is 11.1 Å². The molecule has 0 amide bonds. The van der Waals surface area contributed by atoms with Gasteiger partial charge in [0.2, 0.25) is 0 Å². The maximum Gasteiger partial charge on any atom is 0.124 e. The first-order valence-corrected chi connectivity index (χ1v) is 5.83. The molecule has 0 N–H and O–H groups in total. The molecule has 0 atom stereocenters. The Morgan fingerprint density at radius 3 is 1.93 bits per heavy atom. The summed E-state index contributed by atoms with van der Waals surface area (Å²) in [6, 6.07) is 3.50. The lowest BCUT2D eigenvalue weighted by molar-refractivity contribution is 0.462. The lowest BCUT2D eigenvalue weighted by atomic mass is 10.1. The van der Waals surface area contributed by atoms with Crippen LogP contribution in [0, 0.1) is 13.8 Å². The summed E-state index contributed by atoms with van der Waals surface area (Å²) in [5.41, 5.74) is 2.13. The van der Waals surface area contributed by atoms with Crippen LogP contribution in [0.2, 0.25) is 0 Å². The predicted octanol–water partition coefficient (Wildman–Crippen LogP) is 1.77. The van der Waals surface area contributed by atoms with E-state index in [0.717, 1.165) is 12.0 Å². The molecule has 0 unspecified atom stereocenters. The molecule has 78 valence electrons. The van der Waals surface area contributed by atoms with Gasteiger partial charge >= 0.3 is 0 Å². The summed E-state index contributed by atoms with van der Waals surface area (Å²) in [6.07, 6.45) is 0.834. The second kappa shape index (κ2) is 3.71. The van der Waals surface area contributed by atoms with Crippen molar-refractivity contribution < 1.29 is 13.0 Å². The van der Waals surface area contributed by atoms with E-state index >= 15 is 0 Å². The average molecular weight is 213 g/mol. The van der Waals surface area contributed by atoms with Gasteiger partial charge < -0.3 is 4.55 Å². The lowest BCUT2D eigenvalue weighted by Gasteiger charge is -2.14. The van der Waals surface area contributed by atoms with Crippen LogP contribution in [-0.4, -0.2) is 13.0 Å².